The van der Waals surface area contributed by atoms with E-state index in [1.54, 1.807) is 6.92 Å². The first kappa shape index (κ1) is 20.6. The van der Waals surface area contributed by atoms with E-state index in [9.17, 15) is 22.4 Å². The molecule has 150 valence electrons. The minimum Gasteiger partial charge on any atom is -0.298 e. The Bertz CT molecular complexity index is 1170. The van der Waals surface area contributed by atoms with E-state index in [1.807, 2.05) is 0 Å². The van der Waals surface area contributed by atoms with Gasteiger partial charge in [-0.25, -0.2) is 17.8 Å². The lowest BCUT2D eigenvalue weighted by Crippen LogP contribution is -2.14. The van der Waals surface area contributed by atoms with Crippen LogP contribution in [0.5, 0.6) is 0 Å². The molecule has 10 heteroatoms. The van der Waals surface area contributed by atoms with Crippen molar-refractivity contribution in [3.8, 4) is 0 Å². The number of nitrogens with one attached hydrogen (secondary N) is 2. The Labute approximate surface area is 170 Å². The van der Waals surface area contributed by atoms with Gasteiger partial charge in [-0.05, 0) is 55.5 Å². The van der Waals surface area contributed by atoms with Crippen LogP contribution >= 0.6 is 11.3 Å². The van der Waals surface area contributed by atoms with Crippen molar-refractivity contribution in [3.63, 3.8) is 0 Å². The molecule has 3 rings (SSSR count). The maximum Gasteiger partial charge on any atom is 0.261 e. The first-order chi connectivity index (χ1) is 13.7. The molecule has 1 heterocycles. The molecule has 2 N–H and O–H groups in total. The maximum atomic E-state index is 13.0. The number of benzene rings is 2. The number of Topliss-reactive ketones (excluding diaryl/α,β-unsaturated/α-hetero) is 1. The standard InChI is InChI=1S/C19H16FN3O4S2/c1-11-17(12(2)24)28-19(21-11)22-18(25)13-3-7-15(8-4-13)23-29(26,27)16-9-5-14(20)6-10-16/h3-10,23H,1-2H3,(H,21,22,25). The summed E-state index contributed by atoms with van der Waals surface area (Å²) in [5, 5.41) is 2.92. The normalized spacial score (nSPS) is 11.1. The van der Waals surface area contributed by atoms with Gasteiger partial charge in [-0.15, -0.1) is 0 Å². The molecular formula is C19H16FN3O4S2. The SMILES string of the molecule is CC(=O)c1sc(NC(=O)c2ccc(NS(=O)(=O)c3ccc(F)cc3)cc2)nc1C. The number of amides is 1. The summed E-state index contributed by atoms with van der Waals surface area (Å²) in [6.45, 7) is 3.11. The Morgan fingerprint density at radius 3 is 2.21 bits per heavy atom. The van der Waals surface area contributed by atoms with Gasteiger partial charge in [0.15, 0.2) is 10.9 Å². The summed E-state index contributed by atoms with van der Waals surface area (Å²) < 4.78 is 40.0. The fraction of sp³-hybridized carbons (Fsp3) is 0.105. The first-order valence-electron chi connectivity index (χ1n) is 8.34. The third-order valence-corrected chi connectivity index (χ3v) is 6.43. The average Bonchev–Trinajstić information content (AvgIpc) is 3.02. The number of carbonyl (C=O) groups is 2. The third kappa shape index (κ3) is 4.84. The second kappa shape index (κ2) is 8.10. The van der Waals surface area contributed by atoms with Crippen LogP contribution in [0.4, 0.5) is 15.2 Å². The van der Waals surface area contributed by atoms with Crippen molar-refractivity contribution in [2.45, 2.75) is 18.7 Å². The molecule has 7 nitrogen and oxygen atoms in total. The number of rotatable bonds is 6. The number of aryl methyl sites for hydroxylation is 1. The van der Waals surface area contributed by atoms with Gasteiger partial charge in [0.05, 0.1) is 15.5 Å². The molecule has 1 aromatic heterocycles. The van der Waals surface area contributed by atoms with E-state index in [-0.39, 0.29) is 21.9 Å². The number of hydrogen-bond acceptors (Lipinski definition) is 6. The highest BCUT2D eigenvalue weighted by Crippen LogP contribution is 2.24. The Morgan fingerprint density at radius 2 is 1.66 bits per heavy atom. The van der Waals surface area contributed by atoms with Crippen molar-refractivity contribution in [2.75, 3.05) is 10.0 Å². The zero-order valence-electron chi connectivity index (χ0n) is 15.4. The Hall–Kier alpha value is -3.11. The summed E-state index contributed by atoms with van der Waals surface area (Å²) in [6.07, 6.45) is 0. The molecule has 0 unspecified atom stereocenters. The lowest BCUT2D eigenvalue weighted by molar-refractivity contribution is 0.101. The molecule has 0 aliphatic heterocycles. The van der Waals surface area contributed by atoms with Crippen molar-refractivity contribution in [3.05, 3.63) is 70.5 Å². The summed E-state index contributed by atoms with van der Waals surface area (Å²) in [5.74, 6) is -1.11. The topological polar surface area (TPSA) is 105 Å². The van der Waals surface area contributed by atoms with Gasteiger partial charge in [0, 0.05) is 18.2 Å². The Kier molecular flexibility index (Phi) is 5.76. The summed E-state index contributed by atoms with van der Waals surface area (Å²) in [7, 11) is -3.88. The van der Waals surface area contributed by atoms with Crippen LogP contribution in [0.25, 0.3) is 0 Å². The summed E-state index contributed by atoms with van der Waals surface area (Å²) >= 11 is 1.09. The zero-order valence-corrected chi connectivity index (χ0v) is 17.0. The summed E-state index contributed by atoms with van der Waals surface area (Å²) in [4.78, 5) is 28.4. The van der Waals surface area contributed by atoms with E-state index in [2.05, 4.69) is 15.0 Å². The van der Waals surface area contributed by atoms with Gasteiger partial charge < -0.3 is 0 Å². The monoisotopic (exact) mass is 433 g/mol. The summed E-state index contributed by atoms with van der Waals surface area (Å²) in [5.41, 5.74) is 1.07. The van der Waals surface area contributed by atoms with Crippen LogP contribution in [0.3, 0.4) is 0 Å². The number of carbonyl (C=O) groups excluding carboxylic acids is 2. The highest BCUT2D eigenvalue weighted by molar-refractivity contribution is 7.92. The largest absolute Gasteiger partial charge is 0.298 e. The van der Waals surface area contributed by atoms with Gasteiger partial charge in [0.1, 0.15) is 5.82 Å². The van der Waals surface area contributed by atoms with Crippen molar-refractivity contribution in [2.24, 2.45) is 0 Å². The number of aromatic nitrogens is 1. The van der Waals surface area contributed by atoms with Crippen LogP contribution in [-0.4, -0.2) is 25.1 Å². The molecule has 2 aromatic carbocycles. The first-order valence-corrected chi connectivity index (χ1v) is 10.6. The Balaban J connectivity index is 1.71. The molecule has 1 amide bonds. The number of thiazole rings is 1. The van der Waals surface area contributed by atoms with Crippen LogP contribution in [0.15, 0.2) is 53.4 Å². The molecule has 0 aliphatic carbocycles. The van der Waals surface area contributed by atoms with Crippen molar-refractivity contribution >= 4 is 43.9 Å². The minimum absolute atomic E-state index is 0.0823. The van der Waals surface area contributed by atoms with Crippen LogP contribution in [0.2, 0.25) is 0 Å². The van der Waals surface area contributed by atoms with Gasteiger partial charge in [0.25, 0.3) is 15.9 Å². The average molecular weight is 433 g/mol. The van der Waals surface area contributed by atoms with Gasteiger partial charge in [-0.1, -0.05) is 11.3 Å². The van der Waals surface area contributed by atoms with Gasteiger partial charge in [-0.3, -0.25) is 19.6 Å². The second-order valence-electron chi connectivity index (χ2n) is 6.08. The zero-order chi connectivity index (χ0) is 21.2. The highest BCUT2D eigenvalue weighted by Gasteiger charge is 2.16. The maximum absolute atomic E-state index is 13.0. The van der Waals surface area contributed by atoms with E-state index < -0.39 is 21.7 Å². The van der Waals surface area contributed by atoms with E-state index in [4.69, 9.17) is 0 Å². The fourth-order valence-electron chi connectivity index (χ4n) is 2.46. The number of sulfonamides is 1. The van der Waals surface area contributed by atoms with E-state index in [1.165, 1.54) is 31.2 Å². The molecular weight excluding hydrogens is 417 g/mol. The fourth-order valence-corrected chi connectivity index (χ4v) is 4.38. The van der Waals surface area contributed by atoms with Gasteiger partial charge in [-0.2, -0.15) is 0 Å². The van der Waals surface area contributed by atoms with Crippen molar-refractivity contribution in [1.29, 1.82) is 0 Å². The molecule has 0 bridgehead atoms. The number of ketones is 1. The van der Waals surface area contributed by atoms with Crippen LogP contribution < -0.4 is 10.0 Å². The number of halogens is 1. The van der Waals surface area contributed by atoms with Crippen LogP contribution in [-0.2, 0) is 10.0 Å². The molecule has 3 aromatic rings. The predicted molar refractivity (Wildman–Crippen MR) is 108 cm³/mol. The molecule has 0 fully saturated rings. The van der Waals surface area contributed by atoms with Crippen LogP contribution in [0, 0.1) is 12.7 Å². The lowest BCUT2D eigenvalue weighted by Gasteiger charge is -2.09. The van der Waals surface area contributed by atoms with E-state index in [0.717, 1.165) is 35.6 Å². The lowest BCUT2D eigenvalue weighted by atomic mass is 10.2. The molecule has 0 saturated heterocycles. The second-order valence-corrected chi connectivity index (χ2v) is 8.76. The van der Waals surface area contributed by atoms with E-state index >= 15 is 0 Å². The third-order valence-electron chi connectivity index (χ3n) is 3.86. The van der Waals surface area contributed by atoms with Crippen molar-refractivity contribution < 1.29 is 22.4 Å². The molecule has 0 spiro atoms. The quantitative estimate of drug-likeness (QED) is 0.575. The molecule has 29 heavy (non-hydrogen) atoms. The number of nitrogens with zero attached hydrogens (tertiary/aromatic N) is 1. The minimum atomic E-state index is -3.88. The molecule has 0 atom stereocenters. The smallest absolute Gasteiger partial charge is 0.261 e. The summed E-state index contributed by atoms with van der Waals surface area (Å²) in [6, 6.07) is 10.2. The number of anilines is 2. The molecule has 0 saturated carbocycles. The molecule has 0 radical (unpaired) electrons. The van der Waals surface area contributed by atoms with E-state index in [0.29, 0.717) is 15.7 Å². The number of hydrogen-bond donors (Lipinski definition) is 2. The van der Waals surface area contributed by atoms with Gasteiger partial charge >= 0.3 is 0 Å². The van der Waals surface area contributed by atoms with Gasteiger partial charge in [0.2, 0.25) is 0 Å². The molecule has 0 aliphatic rings. The predicted octanol–water partition coefficient (Wildman–Crippen LogP) is 3.85. The Morgan fingerprint density at radius 1 is 1.03 bits per heavy atom. The van der Waals surface area contributed by atoms with Crippen molar-refractivity contribution in [1.82, 2.24) is 4.98 Å². The highest BCUT2D eigenvalue weighted by atomic mass is 32.2. The van der Waals surface area contributed by atoms with Crippen LogP contribution in [0.1, 0.15) is 32.6 Å².